The second kappa shape index (κ2) is 9.19. The molecule has 0 radical (unpaired) electrons. The molecule has 1 amide bonds. The number of hydrogen-bond donors (Lipinski definition) is 1. The van der Waals surface area contributed by atoms with Gasteiger partial charge in [-0.05, 0) is 55.8 Å². The second-order valence-electron chi connectivity index (χ2n) is 7.21. The average molecular weight is 424 g/mol. The topological polar surface area (TPSA) is 79.4 Å². The number of pyridine rings is 1. The molecule has 7 heteroatoms. The van der Waals surface area contributed by atoms with Gasteiger partial charge in [0.05, 0.1) is 16.6 Å². The Bertz CT molecular complexity index is 1040. The fraction of sp³-hybridized carbons (Fsp3) is 0.217. The summed E-state index contributed by atoms with van der Waals surface area (Å²) in [6, 6.07) is 20.5. The highest BCUT2D eigenvalue weighted by Crippen LogP contribution is 2.22. The molecule has 3 rings (SSSR count). The number of carbonyl (C=O) groups excluding carboxylic acids is 1. The molecule has 1 heterocycles. The number of benzene rings is 2. The largest absolute Gasteiger partial charge is 0.340 e. The Hall–Kier alpha value is -3.03. The molecule has 1 aromatic heterocycles. The zero-order valence-electron chi connectivity index (χ0n) is 17.2. The summed E-state index contributed by atoms with van der Waals surface area (Å²) in [6.45, 7) is 3.61. The van der Waals surface area contributed by atoms with Crippen molar-refractivity contribution in [1.29, 1.82) is 0 Å². The predicted octanol–water partition coefficient (Wildman–Crippen LogP) is 3.63. The predicted molar refractivity (Wildman–Crippen MR) is 117 cm³/mol. The monoisotopic (exact) mass is 423 g/mol. The summed E-state index contributed by atoms with van der Waals surface area (Å²) in [6.07, 6.45) is 1.68. The minimum absolute atomic E-state index is 0.152. The van der Waals surface area contributed by atoms with Crippen LogP contribution >= 0.6 is 0 Å². The molecule has 0 fully saturated rings. The number of carbonyl (C=O) groups is 1. The molecule has 2 aromatic carbocycles. The van der Waals surface area contributed by atoms with Crippen molar-refractivity contribution >= 4 is 15.9 Å². The maximum atomic E-state index is 12.9. The summed E-state index contributed by atoms with van der Waals surface area (Å²) in [7, 11) is -2.06. The van der Waals surface area contributed by atoms with E-state index in [9.17, 15) is 13.2 Å². The van der Waals surface area contributed by atoms with Gasteiger partial charge >= 0.3 is 0 Å². The number of nitrogens with zero attached hydrogens (tertiary/aromatic N) is 2. The Labute approximate surface area is 177 Å². The van der Waals surface area contributed by atoms with E-state index in [1.165, 1.54) is 35.6 Å². The van der Waals surface area contributed by atoms with Crippen molar-refractivity contribution in [3.05, 3.63) is 95.8 Å². The molecule has 1 unspecified atom stereocenters. The quantitative estimate of drug-likeness (QED) is 0.629. The van der Waals surface area contributed by atoms with Crippen LogP contribution in [0.15, 0.2) is 83.9 Å². The summed E-state index contributed by atoms with van der Waals surface area (Å²) in [5, 5.41) is 3.00. The molecule has 0 aliphatic heterocycles. The fourth-order valence-corrected chi connectivity index (χ4v) is 4.32. The van der Waals surface area contributed by atoms with E-state index < -0.39 is 16.1 Å². The van der Waals surface area contributed by atoms with Crippen molar-refractivity contribution < 1.29 is 13.2 Å². The van der Waals surface area contributed by atoms with Crippen LogP contribution in [-0.4, -0.2) is 36.7 Å². The number of aromatic nitrogens is 1. The first kappa shape index (κ1) is 21.7. The van der Waals surface area contributed by atoms with Crippen molar-refractivity contribution in [2.45, 2.75) is 30.8 Å². The summed E-state index contributed by atoms with van der Waals surface area (Å²) in [5.74, 6) is -0.310. The first-order valence-corrected chi connectivity index (χ1v) is 11.1. The zero-order chi connectivity index (χ0) is 21.7. The van der Waals surface area contributed by atoms with Crippen LogP contribution in [0, 0.1) is 0 Å². The van der Waals surface area contributed by atoms with E-state index >= 15 is 0 Å². The van der Waals surface area contributed by atoms with Crippen LogP contribution in [0.25, 0.3) is 0 Å². The van der Waals surface area contributed by atoms with E-state index in [0.29, 0.717) is 5.56 Å². The molecule has 0 aliphatic rings. The molecular formula is C23H25N3O3S. The molecule has 0 aliphatic carbocycles. The molecule has 1 atom stereocenters. The Morgan fingerprint density at radius 1 is 0.933 bits per heavy atom. The summed E-state index contributed by atoms with van der Waals surface area (Å²) < 4.78 is 26.5. The molecule has 0 spiro atoms. The lowest BCUT2D eigenvalue weighted by molar-refractivity contribution is 0.0942. The SMILES string of the molecule is CC(C)N(C)S(=O)(=O)c1ccc(C(=O)NC(c2ccccc2)c2ccccn2)cc1. The Morgan fingerprint density at radius 2 is 1.57 bits per heavy atom. The summed E-state index contributed by atoms with van der Waals surface area (Å²) in [5.41, 5.74) is 2.00. The molecule has 0 saturated heterocycles. The lowest BCUT2D eigenvalue weighted by atomic mass is 10.0. The molecule has 6 nitrogen and oxygen atoms in total. The number of nitrogens with one attached hydrogen (secondary N) is 1. The Balaban J connectivity index is 1.85. The summed E-state index contributed by atoms with van der Waals surface area (Å²) in [4.78, 5) is 17.4. The van der Waals surface area contributed by atoms with Crippen molar-refractivity contribution in [2.75, 3.05) is 7.05 Å². The first-order chi connectivity index (χ1) is 14.3. The van der Waals surface area contributed by atoms with E-state index in [0.717, 1.165) is 11.3 Å². The highest BCUT2D eigenvalue weighted by molar-refractivity contribution is 7.89. The van der Waals surface area contributed by atoms with Crippen molar-refractivity contribution in [3.8, 4) is 0 Å². The van der Waals surface area contributed by atoms with Gasteiger partial charge < -0.3 is 5.32 Å². The van der Waals surface area contributed by atoms with Gasteiger partial charge in [-0.2, -0.15) is 4.31 Å². The highest BCUT2D eigenvalue weighted by atomic mass is 32.2. The standard InChI is InChI=1S/C23H25N3O3S/c1-17(2)26(3)30(28,29)20-14-12-19(13-15-20)23(27)25-22(18-9-5-4-6-10-18)21-11-7-8-16-24-21/h4-17,22H,1-3H3,(H,25,27). The van der Waals surface area contributed by atoms with Gasteiger partial charge in [-0.25, -0.2) is 8.42 Å². The number of amides is 1. The van der Waals surface area contributed by atoms with Crippen LogP contribution < -0.4 is 5.32 Å². The second-order valence-corrected chi connectivity index (χ2v) is 9.21. The van der Waals surface area contributed by atoms with Gasteiger partial charge in [0.25, 0.3) is 5.91 Å². The molecule has 0 saturated carbocycles. The van der Waals surface area contributed by atoms with Gasteiger partial charge in [0.2, 0.25) is 10.0 Å². The number of sulfonamides is 1. The average Bonchev–Trinajstić information content (AvgIpc) is 2.78. The fourth-order valence-electron chi connectivity index (χ4n) is 2.96. The summed E-state index contributed by atoms with van der Waals surface area (Å²) >= 11 is 0. The van der Waals surface area contributed by atoms with E-state index in [2.05, 4.69) is 10.3 Å². The lowest BCUT2D eigenvalue weighted by Gasteiger charge is -2.21. The molecule has 30 heavy (non-hydrogen) atoms. The van der Waals surface area contributed by atoms with Crippen LogP contribution in [0.4, 0.5) is 0 Å². The van der Waals surface area contributed by atoms with Crippen LogP contribution in [0.5, 0.6) is 0 Å². The third kappa shape index (κ3) is 4.75. The van der Waals surface area contributed by atoms with Crippen molar-refractivity contribution in [3.63, 3.8) is 0 Å². The number of rotatable bonds is 7. The minimum Gasteiger partial charge on any atom is -0.340 e. The maximum absolute atomic E-state index is 12.9. The van der Waals surface area contributed by atoms with Crippen molar-refractivity contribution in [1.82, 2.24) is 14.6 Å². The van der Waals surface area contributed by atoms with Crippen LogP contribution in [0.2, 0.25) is 0 Å². The van der Waals surface area contributed by atoms with Crippen molar-refractivity contribution in [2.24, 2.45) is 0 Å². The Kier molecular flexibility index (Phi) is 6.64. The van der Waals surface area contributed by atoms with Gasteiger partial charge in [-0.3, -0.25) is 9.78 Å². The molecular weight excluding hydrogens is 398 g/mol. The van der Waals surface area contributed by atoms with Gasteiger partial charge in [0, 0.05) is 24.8 Å². The normalized spacial score (nSPS) is 12.7. The highest BCUT2D eigenvalue weighted by Gasteiger charge is 2.24. The third-order valence-corrected chi connectivity index (χ3v) is 6.96. The molecule has 156 valence electrons. The van der Waals surface area contributed by atoms with E-state index in [1.54, 1.807) is 20.0 Å². The van der Waals surface area contributed by atoms with Crippen LogP contribution in [0.3, 0.4) is 0 Å². The van der Waals surface area contributed by atoms with Gasteiger partial charge in [-0.1, -0.05) is 36.4 Å². The molecule has 1 N–H and O–H groups in total. The lowest BCUT2D eigenvalue weighted by Crippen LogP contribution is -2.33. The van der Waals surface area contributed by atoms with Crippen LogP contribution in [0.1, 0.15) is 41.5 Å². The van der Waals surface area contributed by atoms with Crippen LogP contribution in [-0.2, 0) is 10.0 Å². The molecule has 0 bridgehead atoms. The van der Waals surface area contributed by atoms with Gasteiger partial charge in [0.15, 0.2) is 0 Å². The minimum atomic E-state index is -3.60. The van der Waals surface area contributed by atoms with Gasteiger partial charge in [-0.15, -0.1) is 0 Å². The Morgan fingerprint density at radius 3 is 2.13 bits per heavy atom. The van der Waals surface area contributed by atoms with E-state index in [-0.39, 0.29) is 16.8 Å². The van der Waals surface area contributed by atoms with E-state index in [1.807, 2.05) is 48.5 Å². The van der Waals surface area contributed by atoms with E-state index in [4.69, 9.17) is 0 Å². The molecule has 3 aromatic rings. The third-order valence-electron chi connectivity index (χ3n) is 4.91. The van der Waals surface area contributed by atoms with Gasteiger partial charge in [0.1, 0.15) is 0 Å². The number of hydrogen-bond acceptors (Lipinski definition) is 4. The smallest absolute Gasteiger partial charge is 0.252 e. The maximum Gasteiger partial charge on any atom is 0.252 e. The first-order valence-electron chi connectivity index (χ1n) is 9.65. The zero-order valence-corrected chi connectivity index (χ0v) is 18.0.